The average molecular weight is 311 g/mol. The van der Waals surface area contributed by atoms with E-state index in [1.807, 2.05) is 6.07 Å². The Morgan fingerprint density at radius 3 is 2.71 bits per heavy atom. The maximum atomic E-state index is 10.9. The fourth-order valence-corrected chi connectivity index (χ4v) is 3.15. The van der Waals surface area contributed by atoms with Crippen LogP contribution in [0.5, 0.6) is 0 Å². The van der Waals surface area contributed by atoms with Crippen LogP contribution in [0.25, 0.3) is 0 Å². The van der Waals surface area contributed by atoms with E-state index < -0.39 is 10.0 Å². The highest BCUT2D eigenvalue weighted by atomic mass is 32.2. The third-order valence-electron chi connectivity index (χ3n) is 3.67. The minimum absolute atomic E-state index is 0.506. The number of hydrogen-bond acceptors (Lipinski definition) is 4. The predicted octanol–water partition coefficient (Wildman–Crippen LogP) is 0.790. The lowest BCUT2D eigenvalue weighted by Crippen LogP contribution is -2.34. The fraction of sp³-hybridized carbons (Fsp3) is 0.600. The monoisotopic (exact) mass is 311 g/mol. The first-order valence-electron chi connectivity index (χ1n) is 7.47. The van der Waals surface area contributed by atoms with E-state index in [0.717, 1.165) is 39.0 Å². The Hall–Kier alpha value is -0.950. The molecular formula is C15H25N3O2S. The van der Waals surface area contributed by atoms with Gasteiger partial charge in [0.25, 0.3) is 0 Å². The molecule has 1 unspecified atom stereocenters. The molecule has 1 aliphatic heterocycles. The van der Waals surface area contributed by atoms with Gasteiger partial charge in [0.05, 0.1) is 6.26 Å². The topological polar surface area (TPSA) is 61.4 Å². The zero-order chi connectivity index (χ0) is 15.1. The molecule has 2 N–H and O–H groups in total. The molecule has 1 aromatic carbocycles. The van der Waals surface area contributed by atoms with Crippen molar-refractivity contribution in [1.29, 1.82) is 0 Å². The van der Waals surface area contributed by atoms with Gasteiger partial charge >= 0.3 is 0 Å². The summed E-state index contributed by atoms with van der Waals surface area (Å²) in [5.41, 5.74) is 1.36. The SMILES string of the molecule is CS(=O)(=O)NCCCNC1CCN(Cc2ccccc2)C1. The second-order valence-electron chi connectivity index (χ2n) is 5.68. The molecule has 0 amide bonds. The van der Waals surface area contributed by atoms with Gasteiger partial charge in [0.1, 0.15) is 0 Å². The molecule has 2 rings (SSSR count). The molecule has 5 nitrogen and oxygen atoms in total. The van der Waals surface area contributed by atoms with Crippen LogP contribution in [0.4, 0.5) is 0 Å². The van der Waals surface area contributed by atoms with E-state index in [1.165, 1.54) is 11.8 Å². The second kappa shape index (κ2) is 7.89. The zero-order valence-electron chi connectivity index (χ0n) is 12.6. The normalized spacial score (nSPS) is 20.0. The first-order valence-corrected chi connectivity index (χ1v) is 9.36. The van der Waals surface area contributed by atoms with Gasteiger partial charge in [-0.15, -0.1) is 0 Å². The maximum Gasteiger partial charge on any atom is 0.208 e. The molecule has 1 heterocycles. The Morgan fingerprint density at radius 1 is 1.24 bits per heavy atom. The highest BCUT2D eigenvalue weighted by Gasteiger charge is 2.21. The molecule has 1 saturated heterocycles. The summed E-state index contributed by atoms with van der Waals surface area (Å²) in [5.74, 6) is 0. The summed E-state index contributed by atoms with van der Waals surface area (Å²) in [4.78, 5) is 2.46. The third kappa shape index (κ3) is 6.56. The lowest BCUT2D eigenvalue weighted by molar-refractivity contribution is 0.320. The lowest BCUT2D eigenvalue weighted by Gasteiger charge is -2.16. The lowest BCUT2D eigenvalue weighted by atomic mass is 10.2. The van der Waals surface area contributed by atoms with Crippen LogP contribution >= 0.6 is 0 Å². The van der Waals surface area contributed by atoms with Crippen molar-refractivity contribution in [2.24, 2.45) is 0 Å². The minimum Gasteiger partial charge on any atom is -0.313 e. The molecule has 0 aliphatic carbocycles. The highest BCUT2D eigenvalue weighted by Crippen LogP contribution is 2.13. The highest BCUT2D eigenvalue weighted by molar-refractivity contribution is 7.88. The van der Waals surface area contributed by atoms with Gasteiger partial charge in [-0.3, -0.25) is 4.90 Å². The van der Waals surface area contributed by atoms with E-state index >= 15 is 0 Å². The van der Waals surface area contributed by atoms with E-state index in [0.29, 0.717) is 12.6 Å². The third-order valence-corrected chi connectivity index (χ3v) is 4.40. The van der Waals surface area contributed by atoms with Gasteiger partial charge in [0, 0.05) is 32.2 Å². The first-order chi connectivity index (χ1) is 10.0. The van der Waals surface area contributed by atoms with E-state index in [-0.39, 0.29) is 0 Å². The van der Waals surface area contributed by atoms with Crippen LogP contribution in [0.1, 0.15) is 18.4 Å². The fourth-order valence-electron chi connectivity index (χ4n) is 2.64. The number of nitrogens with one attached hydrogen (secondary N) is 2. The van der Waals surface area contributed by atoms with Crippen LogP contribution < -0.4 is 10.0 Å². The van der Waals surface area contributed by atoms with Gasteiger partial charge in [-0.1, -0.05) is 30.3 Å². The molecular weight excluding hydrogens is 286 g/mol. The first kappa shape index (κ1) is 16.4. The van der Waals surface area contributed by atoms with Crippen LogP contribution in [0.2, 0.25) is 0 Å². The van der Waals surface area contributed by atoms with Crippen LogP contribution in [0.3, 0.4) is 0 Å². The van der Waals surface area contributed by atoms with E-state index in [4.69, 9.17) is 0 Å². The van der Waals surface area contributed by atoms with Crippen LogP contribution in [-0.4, -0.2) is 51.8 Å². The van der Waals surface area contributed by atoms with Crippen molar-refractivity contribution in [3.05, 3.63) is 35.9 Å². The minimum atomic E-state index is -3.05. The van der Waals surface area contributed by atoms with Crippen LogP contribution in [-0.2, 0) is 16.6 Å². The number of sulfonamides is 1. The van der Waals surface area contributed by atoms with Gasteiger partial charge in [-0.2, -0.15) is 0 Å². The molecule has 1 fully saturated rings. The molecule has 0 aromatic heterocycles. The van der Waals surface area contributed by atoms with Crippen LogP contribution in [0.15, 0.2) is 30.3 Å². The van der Waals surface area contributed by atoms with Gasteiger partial charge in [-0.05, 0) is 24.9 Å². The number of rotatable bonds is 8. The number of nitrogens with zero attached hydrogens (tertiary/aromatic N) is 1. The van der Waals surface area contributed by atoms with Crippen molar-refractivity contribution in [2.45, 2.75) is 25.4 Å². The van der Waals surface area contributed by atoms with Crippen molar-refractivity contribution in [2.75, 3.05) is 32.4 Å². The molecule has 118 valence electrons. The molecule has 6 heteroatoms. The van der Waals surface area contributed by atoms with Crippen molar-refractivity contribution < 1.29 is 8.42 Å². The van der Waals surface area contributed by atoms with E-state index in [9.17, 15) is 8.42 Å². The molecule has 0 bridgehead atoms. The quantitative estimate of drug-likeness (QED) is 0.697. The summed E-state index contributed by atoms with van der Waals surface area (Å²) >= 11 is 0. The van der Waals surface area contributed by atoms with Crippen LogP contribution in [0, 0.1) is 0 Å². The van der Waals surface area contributed by atoms with Crippen molar-refractivity contribution in [3.8, 4) is 0 Å². The number of hydrogen-bond donors (Lipinski definition) is 2. The van der Waals surface area contributed by atoms with E-state index in [2.05, 4.69) is 39.2 Å². The largest absolute Gasteiger partial charge is 0.313 e. The summed E-state index contributed by atoms with van der Waals surface area (Å²) < 4.78 is 24.4. The summed E-state index contributed by atoms with van der Waals surface area (Å²) in [6.07, 6.45) is 3.17. The van der Waals surface area contributed by atoms with Crippen molar-refractivity contribution in [3.63, 3.8) is 0 Å². The Bertz CT molecular complexity index is 519. The molecule has 1 aliphatic rings. The summed E-state index contributed by atoms with van der Waals surface area (Å²) in [6.45, 7) is 4.55. The molecule has 1 atom stereocenters. The predicted molar refractivity (Wildman–Crippen MR) is 85.6 cm³/mol. The summed E-state index contributed by atoms with van der Waals surface area (Å²) in [5, 5.41) is 3.51. The Balaban J connectivity index is 1.60. The summed E-state index contributed by atoms with van der Waals surface area (Å²) in [6, 6.07) is 11.1. The van der Waals surface area contributed by atoms with Gasteiger partial charge in [-0.25, -0.2) is 13.1 Å². The standard InChI is InChI=1S/C15H25N3O2S/c1-21(19,20)17-10-5-9-16-15-8-11-18(13-15)12-14-6-3-2-4-7-14/h2-4,6-7,15-17H,5,8-13H2,1H3. The Morgan fingerprint density at radius 2 is 2.00 bits per heavy atom. The van der Waals surface area contributed by atoms with Crippen molar-refractivity contribution >= 4 is 10.0 Å². The molecule has 0 spiro atoms. The maximum absolute atomic E-state index is 10.9. The van der Waals surface area contributed by atoms with E-state index in [1.54, 1.807) is 0 Å². The summed E-state index contributed by atoms with van der Waals surface area (Å²) in [7, 11) is -3.05. The molecule has 1 aromatic rings. The van der Waals surface area contributed by atoms with Gasteiger partial charge in [0.2, 0.25) is 10.0 Å². The second-order valence-corrected chi connectivity index (χ2v) is 7.51. The van der Waals surface area contributed by atoms with Gasteiger partial charge < -0.3 is 5.32 Å². The Labute approximate surface area is 127 Å². The Kier molecular flexibility index (Phi) is 6.17. The molecule has 0 saturated carbocycles. The number of likely N-dealkylation sites (tertiary alicyclic amines) is 1. The number of benzene rings is 1. The average Bonchev–Trinajstić information content (AvgIpc) is 2.86. The van der Waals surface area contributed by atoms with Crippen molar-refractivity contribution in [1.82, 2.24) is 14.9 Å². The van der Waals surface area contributed by atoms with Gasteiger partial charge in [0.15, 0.2) is 0 Å². The molecule has 21 heavy (non-hydrogen) atoms. The smallest absolute Gasteiger partial charge is 0.208 e. The zero-order valence-corrected chi connectivity index (χ0v) is 13.4. The molecule has 0 radical (unpaired) electrons.